The molecule has 1 aliphatic rings. The first-order valence-corrected chi connectivity index (χ1v) is 11.7. The molecule has 1 aliphatic carbocycles. The molecule has 0 aliphatic heterocycles. The van der Waals surface area contributed by atoms with E-state index in [1.807, 2.05) is 0 Å². The van der Waals surface area contributed by atoms with Gasteiger partial charge in [0.05, 0.1) is 0 Å². The molecular weight excluding hydrogens is 507 g/mol. The zero-order valence-electron chi connectivity index (χ0n) is 19.6. The summed E-state index contributed by atoms with van der Waals surface area (Å²) in [6.45, 7) is 27.0. The van der Waals surface area contributed by atoms with E-state index in [9.17, 15) is 0 Å². The van der Waals surface area contributed by atoms with Crippen molar-refractivity contribution < 1.29 is 20.9 Å². The standard InChI is InChI=1S/C12H17N.C10H15.C4H8.Ta/c1-8(2)10-6-5-7-11(9(3)4)12(10)13;1-6-7(2)9(4)10(5)8(6)3;1-3-4-2;/h5-9H,1-4H3;1-5H3;1-4H2;/q;;-2;. The first-order valence-electron chi connectivity index (χ1n) is 10.3. The van der Waals surface area contributed by atoms with Gasteiger partial charge in [-0.15, -0.1) is 0 Å². The summed E-state index contributed by atoms with van der Waals surface area (Å²) in [7, 11) is 0. The Morgan fingerprint density at radius 3 is 1.18 bits per heavy atom. The quantitative estimate of drug-likeness (QED) is 0.335. The second kappa shape index (κ2) is 13.9. The molecule has 0 N–H and O–H groups in total. The minimum absolute atomic E-state index is 0.566. The molecule has 0 saturated heterocycles. The summed E-state index contributed by atoms with van der Waals surface area (Å²) in [5.41, 5.74) is 4.02. The fourth-order valence-electron chi connectivity index (χ4n) is 3.03. The molecule has 0 unspecified atom stereocenters. The predicted molar refractivity (Wildman–Crippen MR) is 121 cm³/mol. The summed E-state index contributed by atoms with van der Waals surface area (Å²) >= 11 is 1.09. The molecule has 0 amide bonds. The molecular formula is C26H40NTa-2. The zero-order valence-corrected chi connectivity index (χ0v) is 22.8. The van der Waals surface area contributed by atoms with Gasteiger partial charge in [0, 0.05) is 0 Å². The first kappa shape index (κ1) is 27.8. The van der Waals surface area contributed by atoms with Crippen molar-refractivity contribution in [1.29, 1.82) is 0 Å². The maximum atomic E-state index is 4.52. The van der Waals surface area contributed by atoms with E-state index in [0.717, 1.165) is 33.7 Å². The fourth-order valence-corrected chi connectivity index (χ4v) is 3.86. The number of rotatable bonds is 4. The number of nitrogens with zero attached hydrogens (tertiary/aromatic N) is 1. The van der Waals surface area contributed by atoms with Gasteiger partial charge in [-0.3, -0.25) is 0 Å². The normalized spacial score (nSPS) is 16.7. The molecule has 28 heavy (non-hydrogen) atoms. The summed E-state index contributed by atoms with van der Waals surface area (Å²) in [4.78, 5) is 0. The molecule has 0 spiro atoms. The Morgan fingerprint density at radius 1 is 0.714 bits per heavy atom. The number of hydrogen-bond donors (Lipinski definition) is 0. The third-order valence-corrected chi connectivity index (χ3v) is 6.22. The van der Waals surface area contributed by atoms with Crippen LogP contribution in [0.3, 0.4) is 0 Å². The van der Waals surface area contributed by atoms with Gasteiger partial charge in [-0.2, -0.15) is 0 Å². The molecule has 0 bridgehead atoms. The Hall–Kier alpha value is -0.240. The molecule has 0 aromatic heterocycles. The van der Waals surface area contributed by atoms with Crippen molar-refractivity contribution in [2.45, 2.75) is 87.0 Å². The Labute approximate surface area is 189 Å². The second-order valence-electron chi connectivity index (χ2n) is 8.03. The van der Waals surface area contributed by atoms with Crippen LogP contribution >= 0.6 is 0 Å². The second-order valence-corrected chi connectivity index (χ2v) is 8.75. The summed E-state index contributed by atoms with van der Waals surface area (Å²) in [6, 6.07) is 6.55. The minimum atomic E-state index is 0.566. The molecule has 1 fully saturated rings. The van der Waals surface area contributed by atoms with Crippen molar-refractivity contribution in [3.8, 4) is 0 Å². The SMILES string of the molecule is CC(C)c1cccc(C(C)C)c1[N]=[Ta].C[C]1[C](C)[C](C)[C](C)[C]1C.[CH2-]CC[CH2-]. The van der Waals surface area contributed by atoms with E-state index in [1.165, 1.54) is 46.4 Å². The average molecular weight is 548 g/mol. The molecule has 1 nitrogen and oxygen atoms in total. The third-order valence-electron chi connectivity index (χ3n) is 5.50. The van der Waals surface area contributed by atoms with E-state index in [2.05, 4.69) is 97.7 Å². The first-order chi connectivity index (χ1) is 13.0. The van der Waals surface area contributed by atoms with Crippen molar-refractivity contribution in [3.63, 3.8) is 0 Å². The topological polar surface area (TPSA) is 12.4 Å². The molecule has 156 valence electrons. The van der Waals surface area contributed by atoms with Gasteiger partial charge in [0.2, 0.25) is 0 Å². The van der Waals surface area contributed by atoms with Gasteiger partial charge in [-0.1, -0.05) is 34.6 Å². The van der Waals surface area contributed by atoms with E-state index in [0.29, 0.717) is 11.8 Å². The number of benzene rings is 1. The van der Waals surface area contributed by atoms with Gasteiger partial charge in [0.15, 0.2) is 0 Å². The predicted octanol–water partition coefficient (Wildman–Crippen LogP) is 8.70. The van der Waals surface area contributed by atoms with Crippen LogP contribution in [0, 0.1) is 43.4 Å². The molecule has 1 aromatic carbocycles. The zero-order chi connectivity index (χ0) is 22.0. The van der Waals surface area contributed by atoms with Crippen molar-refractivity contribution in [3.05, 3.63) is 72.8 Å². The average Bonchev–Trinajstić information content (AvgIpc) is 2.85. The van der Waals surface area contributed by atoms with Crippen LogP contribution in [-0.4, -0.2) is 0 Å². The molecule has 1 aromatic rings. The van der Waals surface area contributed by atoms with Crippen LogP contribution in [0.1, 0.15) is 98.1 Å². The molecule has 1 saturated carbocycles. The number of unbranched alkanes of at least 4 members (excludes halogenated alkanes) is 1. The van der Waals surface area contributed by atoms with E-state index in [-0.39, 0.29) is 0 Å². The maximum absolute atomic E-state index is 4.52. The van der Waals surface area contributed by atoms with Crippen LogP contribution in [-0.2, 0) is 20.9 Å². The van der Waals surface area contributed by atoms with Crippen molar-refractivity contribution >= 4 is 5.69 Å². The summed E-state index contributed by atoms with van der Waals surface area (Å²) < 4.78 is 4.52. The molecule has 0 atom stereocenters. The van der Waals surface area contributed by atoms with Gasteiger partial charge in [-0.05, 0) is 29.6 Å². The molecule has 5 radical (unpaired) electrons. The van der Waals surface area contributed by atoms with Gasteiger partial charge >= 0.3 is 98.8 Å². The Balaban J connectivity index is 0.000000454. The van der Waals surface area contributed by atoms with Gasteiger partial charge in [0.25, 0.3) is 0 Å². The van der Waals surface area contributed by atoms with Gasteiger partial charge in [-0.25, -0.2) is 12.8 Å². The molecule has 0 heterocycles. The van der Waals surface area contributed by atoms with Gasteiger partial charge < -0.3 is 13.8 Å². The third kappa shape index (κ3) is 7.88. The summed E-state index contributed by atoms with van der Waals surface area (Å²) in [5, 5.41) is 0. The Bertz CT molecular complexity index is 490. The van der Waals surface area contributed by atoms with E-state index >= 15 is 0 Å². The van der Waals surface area contributed by atoms with E-state index in [4.69, 9.17) is 0 Å². The van der Waals surface area contributed by atoms with Crippen LogP contribution in [0.2, 0.25) is 0 Å². The van der Waals surface area contributed by atoms with Crippen molar-refractivity contribution in [1.82, 2.24) is 0 Å². The largest absolute Gasteiger partial charge is 0.346 e. The number of hydrogen-bond acceptors (Lipinski definition) is 1. The molecule has 2 heteroatoms. The Kier molecular flexibility index (Phi) is 13.8. The van der Waals surface area contributed by atoms with Crippen LogP contribution in [0.4, 0.5) is 5.69 Å². The summed E-state index contributed by atoms with van der Waals surface area (Å²) in [5.74, 6) is 8.47. The van der Waals surface area contributed by atoms with Crippen LogP contribution in [0.15, 0.2) is 21.5 Å². The minimum Gasteiger partial charge on any atom is -0.346 e. The van der Waals surface area contributed by atoms with E-state index < -0.39 is 0 Å². The fraction of sp³-hybridized carbons (Fsp3) is 0.500. The van der Waals surface area contributed by atoms with Crippen molar-refractivity contribution in [2.24, 2.45) is 3.34 Å². The summed E-state index contributed by atoms with van der Waals surface area (Å²) in [6.07, 6.45) is 1.92. The van der Waals surface area contributed by atoms with Crippen molar-refractivity contribution in [2.75, 3.05) is 0 Å². The molecule has 2 rings (SSSR count). The van der Waals surface area contributed by atoms with Crippen LogP contribution in [0.5, 0.6) is 0 Å². The van der Waals surface area contributed by atoms with Gasteiger partial charge in [0.1, 0.15) is 0 Å². The van der Waals surface area contributed by atoms with Crippen LogP contribution < -0.4 is 0 Å². The monoisotopic (exact) mass is 547 g/mol. The Morgan fingerprint density at radius 2 is 1.00 bits per heavy atom. The maximum Gasteiger partial charge on any atom is -0.0130 e. The van der Waals surface area contributed by atoms with Crippen LogP contribution in [0.25, 0.3) is 0 Å². The van der Waals surface area contributed by atoms with E-state index in [1.54, 1.807) is 0 Å². The smallest absolute Gasteiger partial charge is 0.0130 e.